The van der Waals surface area contributed by atoms with E-state index >= 15 is 0 Å². The molecule has 2 rings (SSSR count). The molecule has 0 aliphatic rings. The summed E-state index contributed by atoms with van der Waals surface area (Å²) in [5, 5.41) is 16.4. The molecule has 0 saturated heterocycles. The van der Waals surface area contributed by atoms with Crippen LogP contribution in [0, 0.1) is 0 Å². The molecule has 2 aromatic rings. The maximum Gasteiger partial charge on any atom is 0.335 e. The van der Waals surface area contributed by atoms with E-state index in [0.29, 0.717) is 11.5 Å². The molecule has 0 atom stereocenters. The van der Waals surface area contributed by atoms with Gasteiger partial charge < -0.3 is 14.3 Å². The van der Waals surface area contributed by atoms with E-state index < -0.39 is 5.97 Å². The fourth-order valence-electron chi connectivity index (χ4n) is 1.34. The largest absolute Gasteiger partial charge is 0.478 e. The van der Waals surface area contributed by atoms with Crippen molar-refractivity contribution >= 4 is 5.97 Å². The lowest BCUT2D eigenvalue weighted by Gasteiger charge is -1.97. The van der Waals surface area contributed by atoms with Gasteiger partial charge in [0.25, 0.3) is 0 Å². The molecule has 0 radical (unpaired) electrons. The number of benzene rings is 1. The number of hydrogen-bond donors (Lipinski definition) is 1. The Morgan fingerprint density at radius 2 is 2.29 bits per heavy atom. The van der Waals surface area contributed by atoms with Gasteiger partial charge in [0.05, 0.1) is 5.56 Å². The fourth-order valence-corrected chi connectivity index (χ4v) is 1.34. The molecule has 1 aromatic carbocycles. The topological polar surface area (TPSA) is 85.5 Å². The van der Waals surface area contributed by atoms with E-state index in [2.05, 4.69) is 10.2 Å². The van der Waals surface area contributed by atoms with Gasteiger partial charge in [-0.15, -0.1) is 10.2 Å². The van der Waals surface area contributed by atoms with Gasteiger partial charge in [-0.3, -0.25) is 0 Å². The van der Waals surface area contributed by atoms with Gasteiger partial charge >= 0.3 is 5.97 Å². The molecular weight excluding hydrogens is 224 g/mol. The van der Waals surface area contributed by atoms with Gasteiger partial charge in [-0.1, -0.05) is 6.07 Å². The van der Waals surface area contributed by atoms with Gasteiger partial charge in [0.15, 0.2) is 0 Å². The molecule has 1 aromatic heterocycles. The highest BCUT2D eigenvalue weighted by atomic mass is 16.5. The minimum absolute atomic E-state index is 0.175. The lowest BCUT2D eigenvalue weighted by molar-refractivity contribution is 0.0697. The van der Waals surface area contributed by atoms with E-state index in [1.165, 1.54) is 19.2 Å². The van der Waals surface area contributed by atoms with Crippen molar-refractivity contribution < 1.29 is 19.1 Å². The Kier molecular flexibility index (Phi) is 3.15. The summed E-state index contributed by atoms with van der Waals surface area (Å²) in [6, 6.07) is 6.31. The summed E-state index contributed by atoms with van der Waals surface area (Å²) < 4.78 is 10.2. The summed E-state index contributed by atoms with van der Waals surface area (Å²) in [6.45, 7) is 0.228. The van der Waals surface area contributed by atoms with E-state index in [9.17, 15) is 4.79 Å². The first-order valence-corrected chi connectivity index (χ1v) is 4.86. The van der Waals surface area contributed by atoms with Crippen LogP contribution in [0.1, 0.15) is 16.2 Å². The first-order chi connectivity index (χ1) is 8.20. The Labute approximate surface area is 96.9 Å². The second-order valence-electron chi connectivity index (χ2n) is 3.32. The van der Waals surface area contributed by atoms with Crippen LogP contribution in [0.4, 0.5) is 0 Å². The highest BCUT2D eigenvalue weighted by Crippen LogP contribution is 2.19. The van der Waals surface area contributed by atoms with Crippen molar-refractivity contribution in [2.45, 2.75) is 6.61 Å². The zero-order valence-corrected chi connectivity index (χ0v) is 9.08. The molecule has 0 spiro atoms. The Morgan fingerprint density at radius 3 is 3.00 bits per heavy atom. The molecular formula is C11H10N2O4. The second kappa shape index (κ2) is 4.75. The molecule has 6 heteroatoms. The Morgan fingerprint density at radius 1 is 1.47 bits per heavy atom. The molecule has 0 saturated carbocycles. The Hall–Kier alpha value is -2.21. The van der Waals surface area contributed by atoms with E-state index in [1.807, 2.05) is 0 Å². The van der Waals surface area contributed by atoms with Crippen LogP contribution in [-0.2, 0) is 11.3 Å². The molecule has 88 valence electrons. The van der Waals surface area contributed by atoms with Crippen LogP contribution >= 0.6 is 0 Å². The standard InChI is InChI=1S/C11H10N2O4/c1-16-6-9-12-13-10(17-9)7-3-2-4-8(5-7)11(14)15/h2-5H,6H2,1H3,(H,14,15). The van der Waals surface area contributed by atoms with Crippen LogP contribution < -0.4 is 0 Å². The highest BCUT2D eigenvalue weighted by Gasteiger charge is 2.10. The second-order valence-corrected chi connectivity index (χ2v) is 3.32. The first kappa shape index (κ1) is 11.3. The Bertz CT molecular complexity index is 536. The number of aromatic carboxylic acids is 1. The molecule has 0 fully saturated rings. The summed E-state index contributed by atoms with van der Waals surface area (Å²) in [6.07, 6.45) is 0. The summed E-state index contributed by atoms with van der Waals surface area (Å²) in [5.41, 5.74) is 0.744. The molecule has 1 N–H and O–H groups in total. The van der Waals surface area contributed by atoms with Gasteiger partial charge in [-0.2, -0.15) is 0 Å². The van der Waals surface area contributed by atoms with Gasteiger partial charge in [0.1, 0.15) is 6.61 Å². The van der Waals surface area contributed by atoms with Crippen molar-refractivity contribution in [1.29, 1.82) is 0 Å². The quantitative estimate of drug-likeness (QED) is 0.864. The molecule has 17 heavy (non-hydrogen) atoms. The maximum absolute atomic E-state index is 10.8. The van der Waals surface area contributed by atoms with Crippen molar-refractivity contribution in [3.05, 3.63) is 35.7 Å². The van der Waals surface area contributed by atoms with Crippen LogP contribution in [0.25, 0.3) is 11.5 Å². The molecule has 1 heterocycles. The monoisotopic (exact) mass is 234 g/mol. The number of carbonyl (C=O) groups is 1. The van der Waals surface area contributed by atoms with Gasteiger partial charge in [0.2, 0.25) is 11.8 Å². The smallest absolute Gasteiger partial charge is 0.335 e. The summed E-state index contributed by atoms with van der Waals surface area (Å²) in [5.74, 6) is -0.369. The number of rotatable bonds is 4. The number of hydrogen-bond acceptors (Lipinski definition) is 5. The average molecular weight is 234 g/mol. The predicted octanol–water partition coefficient (Wildman–Crippen LogP) is 1.58. The van der Waals surface area contributed by atoms with Gasteiger partial charge in [0, 0.05) is 12.7 Å². The summed E-state index contributed by atoms with van der Waals surface area (Å²) in [7, 11) is 1.52. The SMILES string of the molecule is COCc1nnc(-c2cccc(C(=O)O)c2)o1. The van der Waals surface area contributed by atoms with Crippen molar-refractivity contribution in [1.82, 2.24) is 10.2 Å². The van der Waals surface area contributed by atoms with Crippen molar-refractivity contribution in [2.24, 2.45) is 0 Å². The summed E-state index contributed by atoms with van der Waals surface area (Å²) in [4.78, 5) is 10.8. The predicted molar refractivity (Wildman–Crippen MR) is 57.4 cm³/mol. The van der Waals surface area contributed by atoms with Crippen molar-refractivity contribution in [2.75, 3.05) is 7.11 Å². The van der Waals surface area contributed by atoms with Crippen LogP contribution in [0.5, 0.6) is 0 Å². The van der Waals surface area contributed by atoms with Gasteiger partial charge in [-0.25, -0.2) is 4.79 Å². The van der Waals surface area contributed by atoms with Crippen LogP contribution in [0.15, 0.2) is 28.7 Å². The number of ether oxygens (including phenoxy) is 1. The van der Waals surface area contributed by atoms with Crippen molar-refractivity contribution in [3.63, 3.8) is 0 Å². The van der Waals surface area contributed by atoms with Gasteiger partial charge in [-0.05, 0) is 18.2 Å². The van der Waals surface area contributed by atoms with E-state index in [1.54, 1.807) is 12.1 Å². The number of nitrogens with zero attached hydrogens (tertiary/aromatic N) is 2. The normalized spacial score (nSPS) is 10.4. The fraction of sp³-hybridized carbons (Fsp3) is 0.182. The highest BCUT2D eigenvalue weighted by molar-refractivity contribution is 5.88. The number of carboxylic acids is 1. The summed E-state index contributed by atoms with van der Waals surface area (Å²) >= 11 is 0. The third-order valence-electron chi connectivity index (χ3n) is 2.09. The molecule has 0 unspecified atom stereocenters. The molecule has 0 aliphatic heterocycles. The first-order valence-electron chi connectivity index (χ1n) is 4.86. The van der Waals surface area contributed by atoms with Crippen LogP contribution in [-0.4, -0.2) is 28.4 Å². The lowest BCUT2D eigenvalue weighted by Crippen LogP contribution is -1.95. The third-order valence-corrected chi connectivity index (χ3v) is 2.09. The minimum atomic E-state index is -0.997. The lowest BCUT2D eigenvalue weighted by atomic mass is 10.1. The number of aromatic nitrogens is 2. The van der Waals surface area contributed by atoms with Crippen molar-refractivity contribution in [3.8, 4) is 11.5 Å². The molecule has 0 bridgehead atoms. The molecule has 0 aliphatic carbocycles. The number of carboxylic acid groups (broad SMARTS) is 1. The Balaban J connectivity index is 2.32. The van der Waals surface area contributed by atoms with Crippen LogP contribution in [0.3, 0.4) is 0 Å². The zero-order chi connectivity index (χ0) is 12.3. The minimum Gasteiger partial charge on any atom is -0.478 e. The third kappa shape index (κ3) is 2.48. The van der Waals surface area contributed by atoms with Crippen LogP contribution in [0.2, 0.25) is 0 Å². The van der Waals surface area contributed by atoms with E-state index in [4.69, 9.17) is 14.3 Å². The van der Waals surface area contributed by atoms with E-state index in [-0.39, 0.29) is 18.1 Å². The van der Waals surface area contributed by atoms with E-state index in [0.717, 1.165) is 0 Å². The molecule has 6 nitrogen and oxygen atoms in total. The zero-order valence-electron chi connectivity index (χ0n) is 9.08. The average Bonchev–Trinajstić information content (AvgIpc) is 2.78. The molecule has 0 amide bonds. The number of methoxy groups -OCH3 is 1. The maximum atomic E-state index is 10.8.